The molecule has 0 aliphatic carbocycles. The van der Waals surface area contributed by atoms with E-state index in [0.717, 1.165) is 31.2 Å². The third kappa shape index (κ3) is 3.04. The summed E-state index contributed by atoms with van der Waals surface area (Å²) in [4.78, 5) is 4.18. The molecule has 1 aliphatic rings. The average Bonchev–Trinajstić information content (AvgIpc) is 2.88. The van der Waals surface area contributed by atoms with Crippen LogP contribution in [0, 0.1) is 0 Å². The monoisotopic (exact) mass is 210 g/mol. The number of nitrogens with one attached hydrogen (secondary N) is 1. The second kappa shape index (κ2) is 5.28. The van der Waals surface area contributed by atoms with Crippen LogP contribution < -0.4 is 5.32 Å². The molecular formula is C11H18N2O2. The van der Waals surface area contributed by atoms with Gasteiger partial charge in [0.25, 0.3) is 0 Å². The summed E-state index contributed by atoms with van der Waals surface area (Å²) in [5.41, 5.74) is 0. The molecule has 1 fully saturated rings. The molecule has 2 rings (SSSR count). The third-order valence-electron chi connectivity index (χ3n) is 2.62. The zero-order chi connectivity index (χ0) is 10.5. The smallest absolute Gasteiger partial charge is 0.208 e. The van der Waals surface area contributed by atoms with Gasteiger partial charge in [0.15, 0.2) is 0 Å². The minimum absolute atomic E-state index is 0.380. The first-order chi connectivity index (χ1) is 7.38. The Kier molecular flexibility index (Phi) is 3.75. The Bertz CT molecular complexity index is 293. The summed E-state index contributed by atoms with van der Waals surface area (Å²) in [5, 5.41) is 3.30. The summed E-state index contributed by atoms with van der Waals surface area (Å²) in [7, 11) is 0. The van der Waals surface area contributed by atoms with E-state index in [4.69, 9.17) is 9.15 Å². The first kappa shape index (κ1) is 10.6. The summed E-state index contributed by atoms with van der Waals surface area (Å²) >= 11 is 0. The molecule has 0 saturated carbocycles. The van der Waals surface area contributed by atoms with Crippen molar-refractivity contribution in [2.45, 2.75) is 38.8 Å². The molecule has 4 nitrogen and oxygen atoms in total. The van der Waals surface area contributed by atoms with E-state index in [1.165, 1.54) is 12.8 Å². The van der Waals surface area contributed by atoms with Gasteiger partial charge in [-0.2, -0.15) is 0 Å². The second-order valence-corrected chi connectivity index (χ2v) is 3.84. The van der Waals surface area contributed by atoms with Crippen LogP contribution in [0.5, 0.6) is 0 Å². The molecule has 15 heavy (non-hydrogen) atoms. The fourth-order valence-electron chi connectivity index (χ4n) is 1.74. The van der Waals surface area contributed by atoms with Crippen molar-refractivity contribution in [2.75, 3.05) is 13.2 Å². The summed E-state index contributed by atoms with van der Waals surface area (Å²) in [6, 6.07) is 0. The fraction of sp³-hybridized carbons (Fsp3) is 0.727. The normalized spacial score (nSPS) is 21.0. The minimum atomic E-state index is 0.380. The molecule has 1 saturated heterocycles. The Morgan fingerprint density at radius 1 is 1.60 bits per heavy atom. The van der Waals surface area contributed by atoms with Crippen molar-refractivity contribution in [1.29, 1.82) is 0 Å². The van der Waals surface area contributed by atoms with E-state index in [-0.39, 0.29) is 0 Å². The van der Waals surface area contributed by atoms with E-state index >= 15 is 0 Å². The topological polar surface area (TPSA) is 47.3 Å². The van der Waals surface area contributed by atoms with E-state index in [2.05, 4.69) is 17.2 Å². The van der Waals surface area contributed by atoms with Gasteiger partial charge in [0.05, 0.1) is 18.8 Å². The summed E-state index contributed by atoms with van der Waals surface area (Å²) < 4.78 is 11.0. The van der Waals surface area contributed by atoms with Crippen LogP contribution in [0.25, 0.3) is 0 Å². The highest BCUT2D eigenvalue weighted by Gasteiger charge is 2.14. The maximum atomic E-state index is 5.50. The van der Waals surface area contributed by atoms with Gasteiger partial charge in [-0.1, -0.05) is 6.92 Å². The lowest BCUT2D eigenvalue weighted by atomic mass is 10.2. The lowest BCUT2D eigenvalue weighted by Gasteiger charge is -2.08. The van der Waals surface area contributed by atoms with Crippen molar-refractivity contribution in [2.24, 2.45) is 0 Å². The lowest BCUT2D eigenvalue weighted by molar-refractivity contribution is 0.109. The van der Waals surface area contributed by atoms with Crippen LogP contribution in [-0.2, 0) is 17.7 Å². The summed E-state index contributed by atoms with van der Waals surface area (Å²) in [5.74, 6) is 1.72. The van der Waals surface area contributed by atoms with Gasteiger partial charge in [0, 0.05) is 19.6 Å². The Morgan fingerprint density at radius 3 is 3.20 bits per heavy atom. The number of hydrogen-bond donors (Lipinski definition) is 1. The van der Waals surface area contributed by atoms with Crippen LogP contribution >= 0.6 is 0 Å². The van der Waals surface area contributed by atoms with Crippen molar-refractivity contribution >= 4 is 0 Å². The highest BCUT2D eigenvalue weighted by Crippen LogP contribution is 2.11. The van der Waals surface area contributed by atoms with Gasteiger partial charge in [-0.25, -0.2) is 4.98 Å². The van der Waals surface area contributed by atoms with Gasteiger partial charge in [-0.15, -0.1) is 0 Å². The third-order valence-corrected chi connectivity index (χ3v) is 2.62. The molecule has 84 valence electrons. The van der Waals surface area contributed by atoms with Gasteiger partial charge in [-0.3, -0.25) is 0 Å². The number of hydrogen-bond acceptors (Lipinski definition) is 4. The Balaban J connectivity index is 1.68. The van der Waals surface area contributed by atoms with Crippen molar-refractivity contribution in [3.8, 4) is 0 Å². The van der Waals surface area contributed by atoms with Crippen LogP contribution in [0.15, 0.2) is 10.6 Å². The number of nitrogens with zero attached hydrogens (tertiary/aromatic N) is 1. The number of oxazole rings is 1. The average molecular weight is 210 g/mol. The maximum absolute atomic E-state index is 5.50. The predicted octanol–water partition coefficient (Wildman–Crippen LogP) is 1.51. The zero-order valence-electron chi connectivity index (χ0n) is 9.16. The molecule has 4 heteroatoms. The zero-order valence-corrected chi connectivity index (χ0v) is 9.16. The molecule has 2 heterocycles. The molecule has 0 bridgehead atoms. The lowest BCUT2D eigenvalue weighted by Crippen LogP contribution is -2.25. The molecule has 0 radical (unpaired) electrons. The molecule has 0 amide bonds. The standard InChI is InChI=1S/C11H18N2O2/c1-2-9-7-13-11(15-9)8-12-6-10-4-3-5-14-10/h7,10,12H,2-6,8H2,1H3. The molecule has 0 spiro atoms. The summed E-state index contributed by atoms with van der Waals surface area (Å²) in [6.45, 7) is 4.55. The quantitative estimate of drug-likeness (QED) is 0.800. The Hall–Kier alpha value is -0.870. The molecule has 1 atom stereocenters. The Morgan fingerprint density at radius 2 is 2.53 bits per heavy atom. The predicted molar refractivity (Wildman–Crippen MR) is 56.6 cm³/mol. The molecule has 1 N–H and O–H groups in total. The van der Waals surface area contributed by atoms with Crippen molar-refractivity contribution in [3.63, 3.8) is 0 Å². The van der Waals surface area contributed by atoms with Gasteiger partial charge < -0.3 is 14.5 Å². The van der Waals surface area contributed by atoms with E-state index in [1.54, 1.807) is 6.20 Å². The van der Waals surface area contributed by atoms with Crippen LogP contribution in [-0.4, -0.2) is 24.2 Å². The molecule has 1 unspecified atom stereocenters. The van der Waals surface area contributed by atoms with E-state index in [9.17, 15) is 0 Å². The SMILES string of the molecule is CCc1cnc(CNCC2CCCO2)o1. The number of rotatable bonds is 5. The first-order valence-corrected chi connectivity index (χ1v) is 5.64. The molecule has 0 aromatic carbocycles. The van der Waals surface area contributed by atoms with E-state index in [1.807, 2.05) is 0 Å². The molecule has 1 aliphatic heterocycles. The molecule has 1 aromatic heterocycles. The van der Waals surface area contributed by atoms with Crippen molar-refractivity contribution in [3.05, 3.63) is 17.8 Å². The first-order valence-electron chi connectivity index (χ1n) is 5.64. The number of ether oxygens (including phenoxy) is 1. The molecule has 1 aromatic rings. The Labute approximate surface area is 90.0 Å². The van der Waals surface area contributed by atoms with Gasteiger partial charge >= 0.3 is 0 Å². The largest absolute Gasteiger partial charge is 0.444 e. The highest BCUT2D eigenvalue weighted by molar-refractivity contribution is 4.93. The molecular weight excluding hydrogens is 192 g/mol. The van der Waals surface area contributed by atoms with E-state index < -0.39 is 0 Å². The van der Waals surface area contributed by atoms with Gasteiger partial charge in [0.1, 0.15) is 5.76 Å². The van der Waals surface area contributed by atoms with Gasteiger partial charge in [0.2, 0.25) is 5.89 Å². The summed E-state index contributed by atoms with van der Waals surface area (Å²) in [6.07, 6.45) is 5.43. The van der Waals surface area contributed by atoms with Gasteiger partial charge in [-0.05, 0) is 12.8 Å². The van der Waals surface area contributed by atoms with Crippen LogP contribution in [0.2, 0.25) is 0 Å². The number of aromatic nitrogens is 1. The van der Waals surface area contributed by atoms with Crippen LogP contribution in [0.1, 0.15) is 31.4 Å². The number of aryl methyl sites for hydroxylation is 1. The van der Waals surface area contributed by atoms with Crippen LogP contribution in [0.4, 0.5) is 0 Å². The minimum Gasteiger partial charge on any atom is -0.444 e. The van der Waals surface area contributed by atoms with E-state index in [0.29, 0.717) is 12.6 Å². The van der Waals surface area contributed by atoms with Crippen molar-refractivity contribution in [1.82, 2.24) is 10.3 Å². The highest BCUT2D eigenvalue weighted by atomic mass is 16.5. The van der Waals surface area contributed by atoms with Crippen LogP contribution in [0.3, 0.4) is 0 Å². The maximum Gasteiger partial charge on any atom is 0.208 e. The fourth-order valence-corrected chi connectivity index (χ4v) is 1.74. The van der Waals surface area contributed by atoms with Crippen molar-refractivity contribution < 1.29 is 9.15 Å². The second-order valence-electron chi connectivity index (χ2n) is 3.84.